The summed E-state index contributed by atoms with van der Waals surface area (Å²) < 4.78 is 1.75. The molecule has 0 bridgehead atoms. The lowest BCUT2D eigenvalue weighted by atomic mass is 9.95. The normalized spacial score (nSPS) is 18.9. The van der Waals surface area contributed by atoms with Crippen LogP contribution in [0, 0.1) is 11.8 Å². The first-order chi connectivity index (χ1) is 19.9. The fourth-order valence-electron chi connectivity index (χ4n) is 6.18. The van der Waals surface area contributed by atoms with Gasteiger partial charge >= 0.3 is 0 Å². The molecule has 1 aliphatic carbocycles. The fourth-order valence-corrected chi connectivity index (χ4v) is 6.18. The van der Waals surface area contributed by atoms with Gasteiger partial charge in [-0.25, -0.2) is 9.97 Å². The number of rotatable bonds is 11. The molecule has 3 aromatic rings. The minimum absolute atomic E-state index is 0.00319. The summed E-state index contributed by atoms with van der Waals surface area (Å²) in [4.78, 5) is 53.4. The number of hydrogen-bond donors (Lipinski definition) is 1. The number of benzene rings is 1. The van der Waals surface area contributed by atoms with Crippen molar-refractivity contribution >= 4 is 23.5 Å². The molecular weight excluding hydrogens is 516 g/mol. The van der Waals surface area contributed by atoms with Gasteiger partial charge in [0.05, 0.1) is 0 Å². The van der Waals surface area contributed by atoms with Crippen molar-refractivity contribution in [3.8, 4) is 0 Å². The number of nitrogens with zero attached hydrogens (tertiary/aromatic N) is 5. The number of nitrogens with one attached hydrogen (secondary N) is 1. The van der Waals surface area contributed by atoms with Crippen molar-refractivity contribution in [2.45, 2.75) is 77.3 Å². The highest BCUT2D eigenvalue weighted by molar-refractivity contribution is 5.93. The zero-order chi connectivity index (χ0) is 28.8. The Hall–Kier alpha value is -3.75. The van der Waals surface area contributed by atoms with Crippen LogP contribution in [0.4, 0.5) is 0 Å². The molecule has 1 N–H and O–H groups in total. The highest BCUT2D eigenvalue weighted by Gasteiger charge is 2.40. The van der Waals surface area contributed by atoms with Gasteiger partial charge in [0.1, 0.15) is 11.7 Å². The molecule has 0 radical (unpaired) electrons. The van der Waals surface area contributed by atoms with Crippen molar-refractivity contribution < 1.29 is 14.4 Å². The van der Waals surface area contributed by atoms with Crippen LogP contribution in [-0.4, -0.2) is 73.6 Å². The highest BCUT2D eigenvalue weighted by Crippen LogP contribution is 2.31. The van der Waals surface area contributed by atoms with E-state index in [1.165, 1.54) is 0 Å². The van der Waals surface area contributed by atoms with Gasteiger partial charge in [0.2, 0.25) is 17.6 Å². The molecule has 5 rings (SSSR count). The molecule has 41 heavy (non-hydrogen) atoms. The van der Waals surface area contributed by atoms with Crippen LogP contribution in [0.3, 0.4) is 0 Å². The molecule has 3 amide bonds. The SMILES string of the molecule is CC[C@@H](C)C(=O)N[C@H](C(=O)N1CCC[C@H]1CN(CCc1ccccc1)C(=O)c1cn2cccnc2n1)C1CCCC1. The van der Waals surface area contributed by atoms with Crippen LogP contribution in [0.1, 0.15) is 74.8 Å². The Balaban J connectivity index is 1.36. The van der Waals surface area contributed by atoms with E-state index in [1.54, 1.807) is 22.9 Å². The molecule has 1 aromatic carbocycles. The maximum Gasteiger partial charge on any atom is 0.274 e. The maximum absolute atomic E-state index is 14.1. The molecule has 2 fully saturated rings. The summed E-state index contributed by atoms with van der Waals surface area (Å²) in [5, 5.41) is 3.14. The lowest BCUT2D eigenvalue weighted by Crippen LogP contribution is -2.55. The molecule has 0 spiro atoms. The van der Waals surface area contributed by atoms with Crippen LogP contribution in [0.5, 0.6) is 0 Å². The van der Waals surface area contributed by atoms with E-state index < -0.39 is 6.04 Å². The van der Waals surface area contributed by atoms with Crippen LogP contribution in [0.2, 0.25) is 0 Å². The van der Waals surface area contributed by atoms with Crippen LogP contribution in [-0.2, 0) is 16.0 Å². The van der Waals surface area contributed by atoms with Gasteiger partial charge < -0.3 is 15.1 Å². The first-order valence-electron chi connectivity index (χ1n) is 15.2. The van der Waals surface area contributed by atoms with Crippen LogP contribution in [0.15, 0.2) is 55.0 Å². The first-order valence-corrected chi connectivity index (χ1v) is 15.2. The minimum Gasteiger partial charge on any atom is -0.344 e. The second kappa shape index (κ2) is 13.3. The summed E-state index contributed by atoms with van der Waals surface area (Å²) in [5.74, 6) is 0.304. The van der Waals surface area contributed by atoms with Crippen molar-refractivity contribution in [1.29, 1.82) is 0 Å². The molecule has 218 valence electrons. The van der Waals surface area contributed by atoms with Gasteiger partial charge in [-0.2, -0.15) is 0 Å². The molecule has 9 heteroatoms. The lowest BCUT2D eigenvalue weighted by Gasteiger charge is -2.35. The van der Waals surface area contributed by atoms with Crippen molar-refractivity contribution in [1.82, 2.24) is 29.5 Å². The van der Waals surface area contributed by atoms with Crippen molar-refractivity contribution in [2.75, 3.05) is 19.6 Å². The van der Waals surface area contributed by atoms with Crippen molar-refractivity contribution in [2.24, 2.45) is 11.8 Å². The number of aromatic nitrogens is 3. The quantitative estimate of drug-likeness (QED) is 0.382. The summed E-state index contributed by atoms with van der Waals surface area (Å²) in [6.07, 6.45) is 12.4. The molecule has 0 unspecified atom stereocenters. The largest absolute Gasteiger partial charge is 0.344 e. The van der Waals surface area contributed by atoms with E-state index >= 15 is 0 Å². The van der Waals surface area contributed by atoms with E-state index in [-0.39, 0.29) is 35.6 Å². The number of likely N-dealkylation sites (tertiary alicyclic amines) is 1. The van der Waals surface area contributed by atoms with E-state index in [9.17, 15) is 14.4 Å². The average molecular weight is 559 g/mol. The summed E-state index contributed by atoms with van der Waals surface area (Å²) >= 11 is 0. The van der Waals surface area contributed by atoms with Gasteiger partial charge in [-0.15, -0.1) is 0 Å². The standard InChI is InChI=1S/C32H42N6O3/c1-3-23(2)29(39)35-28(25-13-7-8-14-25)31(41)38-19-9-15-26(38)21-36(20-16-24-11-5-4-6-12-24)30(40)27-22-37-18-10-17-33-32(37)34-27/h4-6,10-12,17-18,22-23,25-26,28H,3,7-9,13-16,19-21H2,1-2H3,(H,35,39)/t23-,26+,28+/m1/s1. The topological polar surface area (TPSA) is 99.9 Å². The number of imidazole rings is 1. The summed E-state index contributed by atoms with van der Waals surface area (Å²) in [7, 11) is 0. The third kappa shape index (κ3) is 6.77. The molecule has 2 aromatic heterocycles. The number of hydrogen-bond acceptors (Lipinski definition) is 5. The molecule has 9 nitrogen and oxygen atoms in total. The Morgan fingerprint density at radius 3 is 2.59 bits per heavy atom. The third-order valence-electron chi connectivity index (χ3n) is 8.84. The van der Waals surface area contributed by atoms with Gasteiger partial charge in [0.25, 0.3) is 5.91 Å². The van der Waals surface area contributed by atoms with E-state index in [4.69, 9.17) is 0 Å². The van der Waals surface area contributed by atoms with Crippen molar-refractivity contribution in [3.05, 3.63) is 66.2 Å². The average Bonchev–Trinajstić information content (AvgIpc) is 3.78. The minimum atomic E-state index is -0.502. The number of fused-ring (bicyclic) bond motifs is 1. The summed E-state index contributed by atoms with van der Waals surface area (Å²) in [5.41, 5.74) is 1.49. The van der Waals surface area contributed by atoms with Crippen LogP contribution >= 0.6 is 0 Å². The Morgan fingerprint density at radius 1 is 1.07 bits per heavy atom. The lowest BCUT2D eigenvalue weighted by molar-refractivity contribution is -0.139. The highest BCUT2D eigenvalue weighted by atomic mass is 16.2. The molecule has 1 aliphatic heterocycles. The number of amides is 3. The predicted octanol–water partition coefficient (Wildman–Crippen LogP) is 4.13. The number of carbonyl (C=O) groups excluding carboxylic acids is 3. The van der Waals surface area contributed by atoms with Gasteiger partial charge in [-0.05, 0) is 56.1 Å². The molecule has 3 atom stereocenters. The Morgan fingerprint density at radius 2 is 1.85 bits per heavy atom. The van der Waals surface area contributed by atoms with Crippen LogP contribution < -0.4 is 5.32 Å². The van der Waals surface area contributed by atoms with Gasteiger partial charge in [-0.1, -0.05) is 57.0 Å². The zero-order valence-electron chi connectivity index (χ0n) is 24.2. The monoisotopic (exact) mass is 558 g/mol. The molecule has 1 saturated carbocycles. The maximum atomic E-state index is 14.1. The van der Waals surface area contributed by atoms with E-state index in [0.717, 1.165) is 50.5 Å². The Kier molecular flexibility index (Phi) is 9.31. The summed E-state index contributed by atoms with van der Waals surface area (Å²) in [6.45, 7) is 5.49. The summed E-state index contributed by atoms with van der Waals surface area (Å²) in [6, 6.07) is 11.3. The molecular formula is C32H42N6O3. The fraction of sp³-hybridized carbons (Fsp3) is 0.531. The van der Waals surface area contributed by atoms with E-state index in [1.807, 2.05) is 48.0 Å². The molecule has 2 aliphatic rings. The Bertz CT molecular complexity index is 1300. The Labute approximate surface area is 242 Å². The molecule has 3 heterocycles. The van der Waals surface area contributed by atoms with Gasteiger partial charge in [0, 0.05) is 50.2 Å². The number of carbonyl (C=O) groups is 3. The van der Waals surface area contributed by atoms with E-state index in [0.29, 0.717) is 37.5 Å². The second-order valence-corrected chi connectivity index (χ2v) is 11.6. The van der Waals surface area contributed by atoms with Crippen LogP contribution in [0.25, 0.3) is 5.78 Å². The zero-order valence-corrected chi connectivity index (χ0v) is 24.2. The van der Waals surface area contributed by atoms with Crippen molar-refractivity contribution in [3.63, 3.8) is 0 Å². The smallest absolute Gasteiger partial charge is 0.274 e. The van der Waals surface area contributed by atoms with Gasteiger partial charge in [0.15, 0.2) is 0 Å². The van der Waals surface area contributed by atoms with Gasteiger partial charge in [-0.3, -0.25) is 18.8 Å². The first kappa shape index (κ1) is 28.8. The van der Waals surface area contributed by atoms with E-state index in [2.05, 4.69) is 27.4 Å². The third-order valence-corrected chi connectivity index (χ3v) is 8.84. The predicted molar refractivity (Wildman–Crippen MR) is 157 cm³/mol. The second-order valence-electron chi connectivity index (χ2n) is 11.6. The molecule has 1 saturated heterocycles.